The van der Waals surface area contributed by atoms with Gasteiger partial charge in [-0.3, -0.25) is 9.59 Å². The summed E-state index contributed by atoms with van der Waals surface area (Å²) in [6.45, 7) is 3.65. The number of hydrogen-bond acceptors (Lipinski definition) is 4. The van der Waals surface area contributed by atoms with Gasteiger partial charge in [-0.05, 0) is 31.5 Å². The first-order chi connectivity index (χ1) is 9.43. The van der Waals surface area contributed by atoms with Gasteiger partial charge in [0, 0.05) is 4.47 Å². The highest BCUT2D eigenvalue weighted by Crippen LogP contribution is 2.17. The van der Waals surface area contributed by atoms with Gasteiger partial charge in [-0.1, -0.05) is 28.1 Å². The maximum atomic E-state index is 11.8. The molecule has 20 heavy (non-hydrogen) atoms. The summed E-state index contributed by atoms with van der Waals surface area (Å²) in [7, 11) is 1.34. The van der Waals surface area contributed by atoms with E-state index in [1.807, 2.05) is 31.2 Å². The second-order valence-electron chi connectivity index (χ2n) is 4.32. The standard InChI is InChI=1S/C14H18BrNO3S/c1-9(11-4-6-12(15)7-5-11)16-13(17)8-20-10(2)14(18)19-3/h4-7,9-10H,8H2,1-3H3,(H,16,17). The summed E-state index contributed by atoms with van der Waals surface area (Å²) in [5, 5.41) is 2.56. The fraction of sp³-hybridized carbons (Fsp3) is 0.429. The first kappa shape index (κ1) is 17.0. The van der Waals surface area contributed by atoms with Gasteiger partial charge in [0.25, 0.3) is 0 Å². The summed E-state index contributed by atoms with van der Waals surface area (Å²) in [4.78, 5) is 23.0. The van der Waals surface area contributed by atoms with E-state index in [1.165, 1.54) is 18.9 Å². The van der Waals surface area contributed by atoms with E-state index in [9.17, 15) is 9.59 Å². The zero-order chi connectivity index (χ0) is 15.1. The molecule has 0 aliphatic carbocycles. The summed E-state index contributed by atoms with van der Waals surface area (Å²) in [5.41, 5.74) is 1.03. The number of thioether (sulfide) groups is 1. The lowest BCUT2D eigenvalue weighted by atomic mass is 10.1. The van der Waals surface area contributed by atoms with E-state index < -0.39 is 0 Å². The van der Waals surface area contributed by atoms with Crippen molar-refractivity contribution in [2.24, 2.45) is 0 Å². The van der Waals surface area contributed by atoms with Crippen molar-refractivity contribution in [2.75, 3.05) is 12.9 Å². The summed E-state index contributed by atoms with van der Waals surface area (Å²) in [5.74, 6) is -0.179. The van der Waals surface area contributed by atoms with E-state index in [4.69, 9.17) is 0 Å². The van der Waals surface area contributed by atoms with E-state index in [2.05, 4.69) is 26.0 Å². The quantitative estimate of drug-likeness (QED) is 0.793. The summed E-state index contributed by atoms with van der Waals surface area (Å²) in [6, 6.07) is 7.72. The zero-order valence-corrected chi connectivity index (χ0v) is 14.1. The third kappa shape index (κ3) is 5.54. The first-order valence-corrected chi connectivity index (χ1v) is 8.02. The van der Waals surface area contributed by atoms with Crippen LogP contribution in [0.15, 0.2) is 28.7 Å². The van der Waals surface area contributed by atoms with E-state index in [-0.39, 0.29) is 28.9 Å². The van der Waals surface area contributed by atoms with Crippen LogP contribution >= 0.6 is 27.7 Å². The number of halogens is 1. The number of ether oxygens (including phenoxy) is 1. The van der Waals surface area contributed by atoms with Crippen LogP contribution in [0.3, 0.4) is 0 Å². The fourth-order valence-corrected chi connectivity index (χ4v) is 2.53. The highest BCUT2D eigenvalue weighted by Gasteiger charge is 2.16. The molecule has 0 fully saturated rings. The minimum atomic E-state index is -0.339. The van der Waals surface area contributed by atoms with Gasteiger partial charge in [-0.25, -0.2) is 0 Å². The SMILES string of the molecule is COC(=O)C(C)SCC(=O)NC(C)c1ccc(Br)cc1. The molecule has 0 radical (unpaired) electrons. The number of carbonyl (C=O) groups is 2. The normalized spacial score (nSPS) is 13.4. The predicted molar refractivity (Wildman–Crippen MR) is 84.6 cm³/mol. The second-order valence-corrected chi connectivity index (χ2v) is 6.56. The fourth-order valence-electron chi connectivity index (χ4n) is 1.55. The van der Waals surface area contributed by atoms with Crippen molar-refractivity contribution < 1.29 is 14.3 Å². The van der Waals surface area contributed by atoms with Gasteiger partial charge in [0.15, 0.2) is 0 Å². The second kappa shape index (κ2) is 8.32. The number of rotatable bonds is 6. The Labute approximate surface area is 131 Å². The van der Waals surface area contributed by atoms with Crippen molar-refractivity contribution in [3.05, 3.63) is 34.3 Å². The molecule has 2 unspecified atom stereocenters. The van der Waals surface area contributed by atoms with Crippen LogP contribution in [0.25, 0.3) is 0 Å². The first-order valence-electron chi connectivity index (χ1n) is 6.18. The van der Waals surface area contributed by atoms with Crippen molar-refractivity contribution in [1.82, 2.24) is 5.32 Å². The Morgan fingerprint density at radius 2 is 1.90 bits per heavy atom. The molecule has 4 nitrogen and oxygen atoms in total. The molecule has 1 N–H and O–H groups in total. The summed E-state index contributed by atoms with van der Waals surface area (Å²) < 4.78 is 5.61. The number of amides is 1. The van der Waals surface area contributed by atoms with Crippen LogP contribution in [-0.2, 0) is 14.3 Å². The van der Waals surface area contributed by atoms with Gasteiger partial charge >= 0.3 is 5.97 Å². The van der Waals surface area contributed by atoms with Gasteiger partial charge in [-0.2, -0.15) is 0 Å². The van der Waals surface area contributed by atoms with Crippen LogP contribution in [0.1, 0.15) is 25.5 Å². The maximum Gasteiger partial charge on any atom is 0.318 e. The molecule has 1 amide bonds. The van der Waals surface area contributed by atoms with Crippen molar-refractivity contribution in [2.45, 2.75) is 25.1 Å². The molecule has 0 heterocycles. The summed E-state index contributed by atoms with van der Waals surface area (Å²) >= 11 is 4.63. The number of nitrogens with one attached hydrogen (secondary N) is 1. The molecule has 110 valence electrons. The lowest BCUT2D eigenvalue weighted by Gasteiger charge is -2.15. The number of esters is 1. The largest absolute Gasteiger partial charge is 0.468 e. The summed E-state index contributed by atoms with van der Waals surface area (Å²) in [6.07, 6.45) is 0. The van der Waals surface area contributed by atoms with Crippen molar-refractivity contribution in [1.29, 1.82) is 0 Å². The van der Waals surface area contributed by atoms with Gasteiger partial charge in [0.2, 0.25) is 5.91 Å². The molecule has 0 saturated carbocycles. The molecule has 1 aromatic carbocycles. The van der Waals surface area contributed by atoms with Crippen molar-refractivity contribution in [3.8, 4) is 0 Å². The van der Waals surface area contributed by atoms with Crippen molar-refractivity contribution >= 4 is 39.6 Å². The van der Waals surface area contributed by atoms with Crippen LogP contribution in [-0.4, -0.2) is 30.0 Å². The number of benzene rings is 1. The Morgan fingerprint density at radius 3 is 2.45 bits per heavy atom. The predicted octanol–water partition coefficient (Wildman–Crippen LogP) is 2.92. The van der Waals surface area contributed by atoms with Gasteiger partial charge < -0.3 is 10.1 Å². The van der Waals surface area contributed by atoms with Crippen LogP contribution in [0.2, 0.25) is 0 Å². The zero-order valence-electron chi connectivity index (χ0n) is 11.7. The molecule has 0 spiro atoms. The highest BCUT2D eigenvalue weighted by molar-refractivity contribution is 9.10. The molecular weight excluding hydrogens is 342 g/mol. The monoisotopic (exact) mass is 359 g/mol. The van der Waals surface area contributed by atoms with Gasteiger partial charge in [0.05, 0.1) is 18.9 Å². The third-order valence-corrected chi connectivity index (χ3v) is 4.40. The molecule has 0 bridgehead atoms. The number of methoxy groups -OCH3 is 1. The Morgan fingerprint density at radius 1 is 1.30 bits per heavy atom. The Balaban J connectivity index is 2.42. The Kier molecular flexibility index (Phi) is 7.09. The highest BCUT2D eigenvalue weighted by atomic mass is 79.9. The molecule has 1 rings (SSSR count). The van der Waals surface area contributed by atoms with Crippen LogP contribution in [0.4, 0.5) is 0 Å². The molecule has 0 aliphatic rings. The van der Waals surface area contributed by atoms with Gasteiger partial charge in [-0.15, -0.1) is 11.8 Å². The lowest BCUT2D eigenvalue weighted by molar-refractivity contribution is -0.139. The lowest BCUT2D eigenvalue weighted by Crippen LogP contribution is -2.29. The van der Waals surface area contributed by atoms with E-state index >= 15 is 0 Å². The number of carbonyl (C=O) groups excluding carboxylic acids is 2. The number of hydrogen-bond donors (Lipinski definition) is 1. The van der Waals surface area contributed by atoms with E-state index in [1.54, 1.807) is 6.92 Å². The minimum absolute atomic E-state index is 0.0652. The molecular formula is C14H18BrNO3S. The van der Waals surface area contributed by atoms with Crippen LogP contribution < -0.4 is 5.32 Å². The smallest absolute Gasteiger partial charge is 0.318 e. The third-order valence-electron chi connectivity index (χ3n) is 2.75. The molecule has 6 heteroatoms. The molecule has 0 aliphatic heterocycles. The minimum Gasteiger partial charge on any atom is -0.468 e. The molecule has 2 atom stereocenters. The van der Waals surface area contributed by atoms with E-state index in [0.29, 0.717) is 0 Å². The molecule has 0 aromatic heterocycles. The van der Waals surface area contributed by atoms with Gasteiger partial charge in [0.1, 0.15) is 5.25 Å². The topological polar surface area (TPSA) is 55.4 Å². The van der Waals surface area contributed by atoms with Crippen LogP contribution in [0, 0.1) is 0 Å². The average Bonchev–Trinajstić information content (AvgIpc) is 2.44. The average molecular weight is 360 g/mol. The Hall–Kier alpha value is -1.01. The molecule has 0 saturated heterocycles. The van der Waals surface area contributed by atoms with Crippen LogP contribution in [0.5, 0.6) is 0 Å². The molecule has 1 aromatic rings. The Bertz CT molecular complexity index is 464. The van der Waals surface area contributed by atoms with Crippen molar-refractivity contribution in [3.63, 3.8) is 0 Å². The van der Waals surface area contributed by atoms with E-state index in [0.717, 1.165) is 10.0 Å². The maximum absolute atomic E-state index is 11.8.